The zero-order valence-electron chi connectivity index (χ0n) is 11.4. The van der Waals surface area contributed by atoms with Crippen LogP contribution in [-0.2, 0) is 13.1 Å². The lowest BCUT2D eigenvalue weighted by atomic mass is 10.1. The second-order valence-corrected chi connectivity index (χ2v) is 4.79. The Morgan fingerprint density at radius 3 is 2.70 bits per heavy atom. The Hall–Kier alpha value is -2.33. The quantitative estimate of drug-likeness (QED) is 0.790. The molecular weight excluding hydrogens is 250 g/mol. The molecule has 20 heavy (non-hydrogen) atoms. The Labute approximate surface area is 117 Å². The molecule has 0 amide bonds. The van der Waals surface area contributed by atoms with Crippen LogP contribution in [-0.4, -0.2) is 9.78 Å². The predicted octanol–water partition coefficient (Wildman–Crippen LogP) is 2.96. The number of benzene rings is 1. The molecular formula is C16H17N3O. The van der Waals surface area contributed by atoms with Gasteiger partial charge in [-0.05, 0) is 18.6 Å². The summed E-state index contributed by atoms with van der Waals surface area (Å²) in [6.45, 7) is 3.06. The first-order chi connectivity index (χ1) is 9.76. The molecule has 0 unspecified atom stereocenters. The van der Waals surface area contributed by atoms with E-state index in [0.29, 0.717) is 13.1 Å². The molecule has 0 radical (unpaired) electrons. The first-order valence-corrected chi connectivity index (χ1v) is 6.62. The van der Waals surface area contributed by atoms with E-state index in [-0.39, 0.29) is 0 Å². The zero-order chi connectivity index (χ0) is 13.9. The molecule has 2 aromatic heterocycles. The predicted molar refractivity (Wildman–Crippen MR) is 78.1 cm³/mol. The van der Waals surface area contributed by atoms with E-state index >= 15 is 0 Å². The molecule has 0 aliphatic heterocycles. The van der Waals surface area contributed by atoms with Crippen LogP contribution in [0.15, 0.2) is 53.2 Å². The van der Waals surface area contributed by atoms with Gasteiger partial charge in [0.1, 0.15) is 11.5 Å². The highest BCUT2D eigenvalue weighted by Crippen LogP contribution is 2.19. The number of nitrogens with zero attached hydrogens (tertiary/aromatic N) is 2. The topological polar surface area (TPSA) is 57.0 Å². The van der Waals surface area contributed by atoms with Crippen LogP contribution in [0.4, 0.5) is 0 Å². The van der Waals surface area contributed by atoms with E-state index in [9.17, 15) is 0 Å². The Balaban J connectivity index is 1.80. The largest absolute Gasteiger partial charge is 0.464 e. The lowest BCUT2D eigenvalue weighted by molar-refractivity contribution is 0.457. The summed E-state index contributed by atoms with van der Waals surface area (Å²) in [5, 5.41) is 4.38. The first-order valence-electron chi connectivity index (χ1n) is 6.62. The van der Waals surface area contributed by atoms with Crippen LogP contribution in [0, 0.1) is 6.92 Å². The van der Waals surface area contributed by atoms with Crippen molar-refractivity contribution in [2.75, 3.05) is 0 Å². The SMILES string of the molecule is Cc1oc(Cn2cc(-c3ccccc3)cn2)cc1CN. The fraction of sp³-hybridized carbons (Fsp3) is 0.188. The van der Waals surface area contributed by atoms with Gasteiger partial charge in [0.25, 0.3) is 0 Å². The maximum absolute atomic E-state index is 5.68. The summed E-state index contributed by atoms with van der Waals surface area (Å²) in [5.74, 6) is 1.77. The molecule has 0 saturated heterocycles. The van der Waals surface area contributed by atoms with Gasteiger partial charge in [-0.3, -0.25) is 4.68 Å². The van der Waals surface area contributed by atoms with Crippen molar-refractivity contribution in [3.63, 3.8) is 0 Å². The zero-order valence-corrected chi connectivity index (χ0v) is 11.4. The van der Waals surface area contributed by atoms with Gasteiger partial charge >= 0.3 is 0 Å². The van der Waals surface area contributed by atoms with Gasteiger partial charge in [0, 0.05) is 23.9 Å². The summed E-state index contributed by atoms with van der Waals surface area (Å²) in [6, 6.07) is 12.2. The Bertz CT molecular complexity index is 698. The molecule has 0 atom stereocenters. The van der Waals surface area contributed by atoms with E-state index in [1.165, 1.54) is 0 Å². The van der Waals surface area contributed by atoms with Crippen molar-refractivity contribution in [3.8, 4) is 11.1 Å². The minimum atomic E-state index is 0.504. The summed E-state index contributed by atoms with van der Waals surface area (Å²) in [4.78, 5) is 0. The van der Waals surface area contributed by atoms with Crippen molar-refractivity contribution in [2.24, 2.45) is 5.73 Å². The number of aromatic nitrogens is 2. The molecule has 0 bridgehead atoms. The van der Waals surface area contributed by atoms with Gasteiger partial charge in [-0.25, -0.2) is 0 Å². The van der Waals surface area contributed by atoms with Crippen molar-refractivity contribution in [1.29, 1.82) is 0 Å². The number of nitrogens with two attached hydrogens (primary N) is 1. The Morgan fingerprint density at radius 1 is 1.20 bits per heavy atom. The molecule has 0 aliphatic rings. The molecule has 4 heteroatoms. The summed E-state index contributed by atoms with van der Waals surface area (Å²) >= 11 is 0. The van der Waals surface area contributed by atoms with Crippen molar-refractivity contribution >= 4 is 0 Å². The number of rotatable bonds is 4. The highest BCUT2D eigenvalue weighted by molar-refractivity contribution is 5.61. The first kappa shape index (κ1) is 12.7. The fourth-order valence-corrected chi connectivity index (χ4v) is 2.26. The number of furan rings is 1. The minimum Gasteiger partial charge on any atom is -0.464 e. The summed E-state index contributed by atoms with van der Waals surface area (Å²) < 4.78 is 7.56. The van der Waals surface area contributed by atoms with Crippen LogP contribution in [0.2, 0.25) is 0 Å². The van der Waals surface area contributed by atoms with Crippen LogP contribution < -0.4 is 5.73 Å². The smallest absolute Gasteiger partial charge is 0.125 e. The molecule has 3 rings (SSSR count). The van der Waals surface area contributed by atoms with Gasteiger partial charge in [-0.2, -0.15) is 5.10 Å². The second kappa shape index (κ2) is 5.35. The molecule has 1 aromatic carbocycles. The second-order valence-electron chi connectivity index (χ2n) is 4.79. The molecule has 0 aliphatic carbocycles. The lowest BCUT2D eigenvalue weighted by Crippen LogP contribution is -1.98. The number of aryl methyl sites for hydroxylation is 1. The van der Waals surface area contributed by atoms with Gasteiger partial charge < -0.3 is 10.2 Å². The third-order valence-electron chi connectivity index (χ3n) is 3.35. The molecule has 3 aromatic rings. The third kappa shape index (κ3) is 2.51. The summed E-state index contributed by atoms with van der Waals surface area (Å²) in [5.41, 5.74) is 8.97. The van der Waals surface area contributed by atoms with Crippen LogP contribution in [0.5, 0.6) is 0 Å². The van der Waals surface area contributed by atoms with E-state index < -0.39 is 0 Å². The highest BCUT2D eigenvalue weighted by Gasteiger charge is 2.08. The van der Waals surface area contributed by atoms with E-state index in [2.05, 4.69) is 17.2 Å². The molecule has 4 nitrogen and oxygen atoms in total. The van der Waals surface area contributed by atoms with Crippen molar-refractivity contribution in [2.45, 2.75) is 20.0 Å². The number of hydrogen-bond acceptors (Lipinski definition) is 3. The average molecular weight is 267 g/mol. The maximum atomic E-state index is 5.68. The standard InChI is InChI=1S/C16H17N3O/c1-12-14(8-17)7-16(20-12)11-19-10-15(9-18-19)13-5-3-2-4-6-13/h2-7,9-10H,8,11,17H2,1H3. The van der Waals surface area contributed by atoms with Crippen molar-refractivity contribution in [3.05, 3.63) is 65.9 Å². The maximum Gasteiger partial charge on any atom is 0.125 e. The fourth-order valence-electron chi connectivity index (χ4n) is 2.26. The Morgan fingerprint density at radius 2 is 2.00 bits per heavy atom. The molecule has 0 fully saturated rings. The minimum absolute atomic E-state index is 0.504. The van der Waals surface area contributed by atoms with Gasteiger partial charge in [0.2, 0.25) is 0 Å². The van der Waals surface area contributed by atoms with E-state index in [1.807, 2.05) is 48.3 Å². The monoisotopic (exact) mass is 267 g/mol. The lowest BCUT2D eigenvalue weighted by Gasteiger charge is -1.97. The molecule has 2 heterocycles. The van der Waals surface area contributed by atoms with E-state index in [1.54, 1.807) is 0 Å². The summed E-state index contributed by atoms with van der Waals surface area (Å²) in [7, 11) is 0. The Kier molecular flexibility index (Phi) is 3.39. The van der Waals surface area contributed by atoms with Crippen molar-refractivity contribution < 1.29 is 4.42 Å². The van der Waals surface area contributed by atoms with E-state index in [0.717, 1.165) is 28.2 Å². The van der Waals surface area contributed by atoms with Crippen LogP contribution >= 0.6 is 0 Å². The van der Waals surface area contributed by atoms with Gasteiger partial charge in [0.15, 0.2) is 0 Å². The van der Waals surface area contributed by atoms with Gasteiger partial charge in [0.05, 0.1) is 12.7 Å². The highest BCUT2D eigenvalue weighted by atomic mass is 16.3. The van der Waals surface area contributed by atoms with Gasteiger partial charge in [-0.15, -0.1) is 0 Å². The average Bonchev–Trinajstić information content (AvgIpc) is 3.07. The molecule has 0 spiro atoms. The van der Waals surface area contributed by atoms with E-state index in [4.69, 9.17) is 10.2 Å². The van der Waals surface area contributed by atoms with Gasteiger partial charge in [-0.1, -0.05) is 30.3 Å². The normalized spacial score (nSPS) is 10.9. The third-order valence-corrected chi connectivity index (χ3v) is 3.35. The number of hydrogen-bond donors (Lipinski definition) is 1. The molecule has 0 saturated carbocycles. The van der Waals surface area contributed by atoms with Crippen LogP contribution in [0.25, 0.3) is 11.1 Å². The summed E-state index contributed by atoms with van der Waals surface area (Å²) in [6.07, 6.45) is 3.89. The molecule has 2 N–H and O–H groups in total. The van der Waals surface area contributed by atoms with Crippen LogP contribution in [0.3, 0.4) is 0 Å². The van der Waals surface area contributed by atoms with Crippen LogP contribution in [0.1, 0.15) is 17.1 Å². The molecule has 102 valence electrons. The van der Waals surface area contributed by atoms with Crippen molar-refractivity contribution in [1.82, 2.24) is 9.78 Å².